The number of ether oxygens (including phenoxy) is 2. The van der Waals surface area contributed by atoms with Crippen LogP contribution in [0.1, 0.15) is 23.2 Å². The van der Waals surface area contributed by atoms with E-state index in [-0.39, 0.29) is 11.5 Å². The van der Waals surface area contributed by atoms with Crippen molar-refractivity contribution < 1.29 is 19.1 Å². The van der Waals surface area contributed by atoms with Gasteiger partial charge in [0, 0.05) is 19.2 Å². The molecule has 0 bridgehead atoms. The lowest BCUT2D eigenvalue weighted by Gasteiger charge is -2.11. The largest absolute Gasteiger partial charge is 0.493 e. The summed E-state index contributed by atoms with van der Waals surface area (Å²) in [5, 5.41) is 2.52. The summed E-state index contributed by atoms with van der Waals surface area (Å²) in [6.07, 6.45) is 0.918. The van der Waals surface area contributed by atoms with Crippen molar-refractivity contribution in [2.24, 2.45) is 0 Å². The number of methoxy groups -OCH3 is 1. The summed E-state index contributed by atoms with van der Waals surface area (Å²) in [5.74, 6) is -0.229. The van der Waals surface area contributed by atoms with Crippen LogP contribution in [0.4, 0.5) is 5.69 Å². The Kier molecular flexibility index (Phi) is 5.66. The minimum absolute atomic E-state index is 0.0515. The van der Waals surface area contributed by atoms with Gasteiger partial charge < -0.3 is 20.5 Å². The van der Waals surface area contributed by atoms with E-state index < -0.39 is 5.97 Å². The lowest BCUT2D eigenvalue weighted by molar-refractivity contribution is -0.120. The smallest absolute Gasteiger partial charge is 0.343 e. The minimum atomic E-state index is -0.542. The molecule has 1 amide bonds. The second-order valence-corrected chi connectivity index (χ2v) is 3.84. The molecule has 0 saturated carbocycles. The van der Waals surface area contributed by atoms with Crippen LogP contribution in [0, 0.1) is 0 Å². The SMILES string of the molecule is CNC(=O)CCCOc1cccc(N)c1C(=O)OC. The Hall–Kier alpha value is -2.24. The second-order valence-electron chi connectivity index (χ2n) is 3.84. The Labute approximate surface area is 111 Å². The van der Waals surface area contributed by atoms with Crippen LogP contribution in [0.25, 0.3) is 0 Å². The highest BCUT2D eigenvalue weighted by Crippen LogP contribution is 2.25. The zero-order chi connectivity index (χ0) is 14.3. The first kappa shape index (κ1) is 14.8. The van der Waals surface area contributed by atoms with Crippen LogP contribution in [0.15, 0.2) is 18.2 Å². The number of nitrogen functional groups attached to an aromatic ring is 1. The number of nitrogens with one attached hydrogen (secondary N) is 1. The number of nitrogens with two attached hydrogens (primary N) is 1. The maximum atomic E-state index is 11.6. The molecule has 0 radical (unpaired) electrons. The molecule has 3 N–H and O–H groups in total. The van der Waals surface area contributed by atoms with Crippen LogP contribution in [0.5, 0.6) is 5.75 Å². The molecule has 6 nitrogen and oxygen atoms in total. The summed E-state index contributed by atoms with van der Waals surface area (Å²) in [4.78, 5) is 22.6. The van der Waals surface area contributed by atoms with Crippen LogP contribution >= 0.6 is 0 Å². The average molecular weight is 266 g/mol. The number of amides is 1. The third kappa shape index (κ3) is 4.17. The fourth-order valence-corrected chi connectivity index (χ4v) is 1.53. The van der Waals surface area contributed by atoms with Gasteiger partial charge >= 0.3 is 5.97 Å². The average Bonchev–Trinajstić information content (AvgIpc) is 2.42. The van der Waals surface area contributed by atoms with E-state index in [0.717, 1.165) is 0 Å². The quantitative estimate of drug-likeness (QED) is 0.454. The van der Waals surface area contributed by atoms with Crippen molar-refractivity contribution in [3.05, 3.63) is 23.8 Å². The normalized spacial score (nSPS) is 9.79. The first-order chi connectivity index (χ1) is 9.10. The van der Waals surface area contributed by atoms with Gasteiger partial charge in [-0.25, -0.2) is 4.79 Å². The zero-order valence-corrected chi connectivity index (χ0v) is 11.1. The van der Waals surface area contributed by atoms with E-state index in [2.05, 4.69) is 10.1 Å². The van der Waals surface area contributed by atoms with Gasteiger partial charge in [-0.15, -0.1) is 0 Å². The number of carbonyl (C=O) groups excluding carboxylic acids is 2. The summed E-state index contributed by atoms with van der Waals surface area (Å²) in [6, 6.07) is 4.93. The van der Waals surface area contributed by atoms with Crippen molar-refractivity contribution in [3.8, 4) is 5.75 Å². The van der Waals surface area contributed by atoms with Gasteiger partial charge in [0.05, 0.1) is 13.7 Å². The third-order valence-electron chi connectivity index (χ3n) is 2.53. The molecule has 0 heterocycles. The topological polar surface area (TPSA) is 90.6 Å². The highest BCUT2D eigenvalue weighted by Gasteiger charge is 2.16. The second kappa shape index (κ2) is 7.25. The molecule has 0 atom stereocenters. The van der Waals surface area contributed by atoms with Gasteiger partial charge in [-0.05, 0) is 18.6 Å². The van der Waals surface area contributed by atoms with Gasteiger partial charge in [-0.1, -0.05) is 6.07 Å². The summed E-state index contributed by atoms with van der Waals surface area (Å²) < 4.78 is 10.1. The van der Waals surface area contributed by atoms with Gasteiger partial charge in [0.2, 0.25) is 5.91 Å². The Bertz CT molecular complexity index is 460. The molecule has 1 aromatic carbocycles. The number of hydrogen-bond donors (Lipinski definition) is 2. The molecule has 0 spiro atoms. The van der Waals surface area contributed by atoms with E-state index >= 15 is 0 Å². The van der Waals surface area contributed by atoms with E-state index in [9.17, 15) is 9.59 Å². The van der Waals surface area contributed by atoms with Crippen molar-refractivity contribution >= 4 is 17.6 Å². The van der Waals surface area contributed by atoms with Gasteiger partial charge in [0.1, 0.15) is 11.3 Å². The number of anilines is 1. The third-order valence-corrected chi connectivity index (χ3v) is 2.53. The molecular formula is C13H18N2O4. The molecule has 1 aromatic rings. The molecule has 104 valence electrons. The number of carbonyl (C=O) groups is 2. The van der Waals surface area contributed by atoms with Crippen LogP contribution < -0.4 is 15.8 Å². The Morgan fingerprint density at radius 1 is 1.37 bits per heavy atom. The van der Waals surface area contributed by atoms with Gasteiger partial charge in [0.15, 0.2) is 0 Å². The van der Waals surface area contributed by atoms with E-state index in [1.807, 2.05) is 0 Å². The van der Waals surface area contributed by atoms with Gasteiger partial charge in [-0.2, -0.15) is 0 Å². The van der Waals surface area contributed by atoms with E-state index in [0.29, 0.717) is 30.9 Å². The number of benzene rings is 1. The van der Waals surface area contributed by atoms with Crippen molar-refractivity contribution in [1.29, 1.82) is 0 Å². The zero-order valence-electron chi connectivity index (χ0n) is 11.1. The maximum Gasteiger partial charge on any atom is 0.343 e. The van der Waals surface area contributed by atoms with E-state index in [1.54, 1.807) is 25.2 Å². The minimum Gasteiger partial charge on any atom is -0.493 e. The monoisotopic (exact) mass is 266 g/mol. The van der Waals surface area contributed by atoms with Crippen LogP contribution in [-0.2, 0) is 9.53 Å². The molecule has 0 saturated heterocycles. The molecule has 1 rings (SSSR count). The van der Waals surface area contributed by atoms with Crippen LogP contribution in [-0.4, -0.2) is 32.6 Å². The standard InChI is InChI=1S/C13H18N2O4/c1-15-11(16)7-4-8-19-10-6-3-5-9(14)12(10)13(17)18-2/h3,5-6H,4,7-8,14H2,1-2H3,(H,15,16). The van der Waals surface area contributed by atoms with Crippen molar-refractivity contribution in [2.75, 3.05) is 26.5 Å². The highest BCUT2D eigenvalue weighted by molar-refractivity contribution is 5.98. The number of esters is 1. The maximum absolute atomic E-state index is 11.6. The van der Waals surface area contributed by atoms with Crippen LogP contribution in [0.2, 0.25) is 0 Å². The molecule has 0 unspecified atom stereocenters. The van der Waals surface area contributed by atoms with Crippen LogP contribution in [0.3, 0.4) is 0 Å². The molecule has 6 heteroatoms. The molecule has 0 aliphatic carbocycles. The lowest BCUT2D eigenvalue weighted by Crippen LogP contribution is -2.18. The molecule has 19 heavy (non-hydrogen) atoms. The van der Waals surface area contributed by atoms with E-state index in [4.69, 9.17) is 10.5 Å². The lowest BCUT2D eigenvalue weighted by atomic mass is 10.1. The molecule has 0 aliphatic rings. The fourth-order valence-electron chi connectivity index (χ4n) is 1.53. The Morgan fingerprint density at radius 3 is 2.74 bits per heavy atom. The van der Waals surface area contributed by atoms with Crippen molar-refractivity contribution in [1.82, 2.24) is 5.32 Å². The molecule has 0 aromatic heterocycles. The van der Waals surface area contributed by atoms with Gasteiger partial charge in [0.25, 0.3) is 0 Å². The van der Waals surface area contributed by atoms with Crippen molar-refractivity contribution in [2.45, 2.75) is 12.8 Å². The summed E-state index contributed by atoms with van der Waals surface area (Å²) >= 11 is 0. The predicted molar refractivity (Wildman–Crippen MR) is 71.0 cm³/mol. The Morgan fingerprint density at radius 2 is 2.11 bits per heavy atom. The molecular weight excluding hydrogens is 248 g/mol. The van der Waals surface area contributed by atoms with E-state index in [1.165, 1.54) is 7.11 Å². The summed E-state index contributed by atoms with van der Waals surface area (Å²) in [5.41, 5.74) is 6.24. The predicted octanol–water partition coefficient (Wildman–Crippen LogP) is 0.960. The highest BCUT2D eigenvalue weighted by atomic mass is 16.5. The summed E-state index contributed by atoms with van der Waals surface area (Å²) in [7, 11) is 2.86. The summed E-state index contributed by atoms with van der Waals surface area (Å²) in [6.45, 7) is 0.320. The molecule has 0 aliphatic heterocycles. The number of rotatable bonds is 6. The first-order valence-electron chi connectivity index (χ1n) is 5.90. The van der Waals surface area contributed by atoms with Gasteiger partial charge in [-0.3, -0.25) is 4.79 Å². The first-order valence-corrected chi connectivity index (χ1v) is 5.90. The fraction of sp³-hybridized carbons (Fsp3) is 0.385. The van der Waals surface area contributed by atoms with Crippen molar-refractivity contribution in [3.63, 3.8) is 0 Å². The number of hydrogen-bond acceptors (Lipinski definition) is 5. The Balaban J connectivity index is 2.65. The molecule has 0 fully saturated rings.